The van der Waals surface area contributed by atoms with Gasteiger partial charge in [0, 0.05) is 12.6 Å². The Morgan fingerprint density at radius 2 is 2.14 bits per heavy atom. The predicted molar refractivity (Wildman–Crippen MR) is 82.4 cm³/mol. The van der Waals surface area contributed by atoms with Crippen molar-refractivity contribution >= 4 is 11.5 Å². The molecule has 1 fully saturated rings. The molecular formula is C15H23N5O. The van der Waals surface area contributed by atoms with E-state index in [1.807, 2.05) is 10.6 Å². The molecule has 0 aromatic carbocycles. The molecule has 2 heterocycles. The van der Waals surface area contributed by atoms with Crippen molar-refractivity contribution in [1.29, 1.82) is 0 Å². The second-order valence-corrected chi connectivity index (χ2v) is 5.78. The molecule has 0 amide bonds. The van der Waals surface area contributed by atoms with Gasteiger partial charge in [-0.2, -0.15) is 9.61 Å². The normalized spacial score (nSPS) is 22.6. The highest BCUT2D eigenvalue weighted by molar-refractivity contribution is 5.51. The summed E-state index contributed by atoms with van der Waals surface area (Å²) < 4.78 is 7.73. The van der Waals surface area contributed by atoms with E-state index in [1.165, 1.54) is 5.56 Å². The van der Waals surface area contributed by atoms with Gasteiger partial charge in [0.1, 0.15) is 12.1 Å². The second-order valence-electron chi connectivity index (χ2n) is 5.78. The standard InChI is InChI=1S/C15H23N5O/c1-11-8-14(20-15(9-11)18-10-19-20)17-6-7-21-13-4-2-12(16)3-5-13/h8-10,12-13,17H,2-7,16H2,1H3. The fourth-order valence-corrected chi connectivity index (χ4v) is 2.84. The van der Waals surface area contributed by atoms with Crippen LogP contribution in [-0.2, 0) is 4.74 Å². The van der Waals surface area contributed by atoms with E-state index in [0.29, 0.717) is 18.8 Å². The monoisotopic (exact) mass is 289 g/mol. The van der Waals surface area contributed by atoms with Crippen molar-refractivity contribution in [2.24, 2.45) is 5.73 Å². The van der Waals surface area contributed by atoms with Crippen molar-refractivity contribution in [3.63, 3.8) is 0 Å². The lowest BCUT2D eigenvalue weighted by molar-refractivity contribution is 0.0313. The van der Waals surface area contributed by atoms with Crippen LogP contribution in [0, 0.1) is 6.92 Å². The van der Waals surface area contributed by atoms with Gasteiger partial charge in [0.2, 0.25) is 0 Å². The summed E-state index contributed by atoms with van der Waals surface area (Å²) in [6.07, 6.45) is 6.26. The first-order chi connectivity index (χ1) is 10.2. The molecule has 6 nitrogen and oxygen atoms in total. The number of hydrogen-bond acceptors (Lipinski definition) is 5. The Hall–Kier alpha value is -1.66. The van der Waals surface area contributed by atoms with E-state index in [4.69, 9.17) is 10.5 Å². The number of ether oxygens (including phenoxy) is 1. The minimum Gasteiger partial charge on any atom is -0.376 e. The molecule has 2 aromatic rings. The maximum Gasteiger partial charge on any atom is 0.157 e. The zero-order valence-electron chi connectivity index (χ0n) is 12.5. The van der Waals surface area contributed by atoms with Gasteiger partial charge < -0.3 is 15.8 Å². The van der Waals surface area contributed by atoms with Crippen LogP contribution < -0.4 is 11.1 Å². The zero-order valence-corrected chi connectivity index (χ0v) is 12.5. The van der Waals surface area contributed by atoms with Crippen molar-refractivity contribution in [2.45, 2.75) is 44.8 Å². The van der Waals surface area contributed by atoms with Gasteiger partial charge in [-0.1, -0.05) is 0 Å². The number of nitrogens with one attached hydrogen (secondary N) is 1. The van der Waals surface area contributed by atoms with Crippen LogP contribution in [0.2, 0.25) is 0 Å². The van der Waals surface area contributed by atoms with Crippen LogP contribution in [0.1, 0.15) is 31.2 Å². The third kappa shape index (κ3) is 3.51. The third-order valence-corrected chi connectivity index (χ3v) is 4.00. The minimum atomic E-state index is 0.371. The molecule has 3 rings (SSSR count). The van der Waals surface area contributed by atoms with Gasteiger partial charge in [0.15, 0.2) is 5.65 Å². The van der Waals surface area contributed by atoms with Crippen LogP contribution in [0.4, 0.5) is 5.82 Å². The summed E-state index contributed by atoms with van der Waals surface area (Å²) in [7, 11) is 0. The Kier molecular flexibility index (Phi) is 4.36. The van der Waals surface area contributed by atoms with Crippen molar-refractivity contribution in [3.05, 3.63) is 24.0 Å². The van der Waals surface area contributed by atoms with Gasteiger partial charge in [-0.3, -0.25) is 0 Å². The lowest BCUT2D eigenvalue weighted by Gasteiger charge is -2.26. The lowest BCUT2D eigenvalue weighted by Crippen LogP contribution is -2.31. The molecule has 1 aliphatic carbocycles. The van der Waals surface area contributed by atoms with E-state index < -0.39 is 0 Å². The van der Waals surface area contributed by atoms with Crippen LogP contribution in [0.5, 0.6) is 0 Å². The Balaban J connectivity index is 1.49. The van der Waals surface area contributed by atoms with E-state index in [9.17, 15) is 0 Å². The fourth-order valence-electron chi connectivity index (χ4n) is 2.84. The van der Waals surface area contributed by atoms with E-state index in [-0.39, 0.29) is 0 Å². The number of aromatic nitrogens is 3. The number of anilines is 1. The third-order valence-electron chi connectivity index (χ3n) is 4.00. The highest BCUT2D eigenvalue weighted by Gasteiger charge is 2.18. The summed E-state index contributed by atoms with van der Waals surface area (Å²) in [6, 6.07) is 4.46. The molecule has 1 saturated carbocycles. The number of nitrogens with zero attached hydrogens (tertiary/aromatic N) is 3. The van der Waals surface area contributed by atoms with Crippen LogP contribution in [0.3, 0.4) is 0 Å². The van der Waals surface area contributed by atoms with Crippen molar-refractivity contribution in [2.75, 3.05) is 18.5 Å². The summed E-state index contributed by atoms with van der Waals surface area (Å²) >= 11 is 0. The molecule has 0 bridgehead atoms. The molecule has 0 aliphatic heterocycles. The number of rotatable bonds is 5. The van der Waals surface area contributed by atoms with Crippen LogP contribution in [0.15, 0.2) is 18.5 Å². The Morgan fingerprint density at radius 3 is 2.95 bits per heavy atom. The summed E-state index contributed by atoms with van der Waals surface area (Å²) in [4.78, 5) is 4.22. The van der Waals surface area contributed by atoms with E-state index in [1.54, 1.807) is 6.33 Å². The predicted octanol–water partition coefficient (Wildman–Crippen LogP) is 1.74. The molecule has 6 heteroatoms. The van der Waals surface area contributed by atoms with Crippen molar-refractivity contribution in [3.8, 4) is 0 Å². The smallest absolute Gasteiger partial charge is 0.157 e. The van der Waals surface area contributed by atoms with Crippen LogP contribution >= 0.6 is 0 Å². The van der Waals surface area contributed by atoms with Crippen LogP contribution in [0.25, 0.3) is 5.65 Å². The topological polar surface area (TPSA) is 77.5 Å². The van der Waals surface area contributed by atoms with E-state index in [0.717, 1.165) is 43.7 Å². The van der Waals surface area contributed by atoms with Crippen molar-refractivity contribution in [1.82, 2.24) is 14.6 Å². The minimum absolute atomic E-state index is 0.371. The highest BCUT2D eigenvalue weighted by atomic mass is 16.5. The summed E-state index contributed by atoms with van der Waals surface area (Å²) in [5.74, 6) is 0.955. The summed E-state index contributed by atoms with van der Waals surface area (Å²) in [6.45, 7) is 3.52. The molecular weight excluding hydrogens is 266 g/mol. The molecule has 3 N–H and O–H groups in total. The molecule has 2 aromatic heterocycles. The van der Waals surface area contributed by atoms with E-state index >= 15 is 0 Å². The highest BCUT2D eigenvalue weighted by Crippen LogP contribution is 2.19. The Bertz CT molecular complexity index is 589. The summed E-state index contributed by atoms with van der Waals surface area (Å²) in [5, 5.41) is 7.60. The second kappa shape index (κ2) is 6.41. The molecule has 21 heavy (non-hydrogen) atoms. The first-order valence-electron chi connectivity index (χ1n) is 7.64. The SMILES string of the molecule is Cc1cc(NCCOC2CCC(N)CC2)n2ncnc2c1. The maximum absolute atomic E-state index is 5.91. The first kappa shape index (κ1) is 14.3. The molecule has 1 aliphatic rings. The number of hydrogen-bond donors (Lipinski definition) is 2. The van der Waals surface area contributed by atoms with Gasteiger partial charge in [-0.25, -0.2) is 4.98 Å². The van der Waals surface area contributed by atoms with Crippen molar-refractivity contribution < 1.29 is 4.74 Å². The Morgan fingerprint density at radius 1 is 1.33 bits per heavy atom. The van der Waals surface area contributed by atoms with Gasteiger partial charge in [-0.15, -0.1) is 0 Å². The maximum atomic E-state index is 5.91. The lowest BCUT2D eigenvalue weighted by atomic mass is 9.94. The largest absolute Gasteiger partial charge is 0.376 e. The summed E-state index contributed by atoms with van der Waals surface area (Å²) in [5.41, 5.74) is 7.93. The Labute approximate surface area is 124 Å². The van der Waals surface area contributed by atoms with Crippen LogP contribution in [-0.4, -0.2) is 39.9 Å². The van der Waals surface area contributed by atoms with Gasteiger partial charge in [0.05, 0.1) is 12.7 Å². The average molecular weight is 289 g/mol. The molecule has 0 spiro atoms. The molecule has 0 unspecified atom stereocenters. The van der Waals surface area contributed by atoms with Gasteiger partial charge >= 0.3 is 0 Å². The average Bonchev–Trinajstić information content (AvgIpc) is 2.93. The zero-order chi connectivity index (χ0) is 14.7. The molecule has 0 atom stereocenters. The first-order valence-corrected chi connectivity index (χ1v) is 7.64. The molecule has 0 saturated heterocycles. The van der Waals surface area contributed by atoms with Gasteiger partial charge in [-0.05, 0) is 50.3 Å². The molecule has 114 valence electrons. The number of aryl methyl sites for hydroxylation is 1. The number of pyridine rings is 1. The van der Waals surface area contributed by atoms with Gasteiger partial charge in [0.25, 0.3) is 0 Å². The van der Waals surface area contributed by atoms with E-state index in [2.05, 4.69) is 28.4 Å². The fraction of sp³-hybridized carbons (Fsp3) is 0.600. The quantitative estimate of drug-likeness (QED) is 0.820. The number of fused-ring (bicyclic) bond motifs is 1. The number of nitrogens with two attached hydrogens (primary N) is 1. The molecule has 0 radical (unpaired) electrons.